The van der Waals surface area contributed by atoms with Crippen LogP contribution in [-0.2, 0) is 27.2 Å². The van der Waals surface area contributed by atoms with E-state index in [1.807, 2.05) is 0 Å². The molecule has 1 aromatic rings. The Balaban J connectivity index is 3.23. The summed E-state index contributed by atoms with van der Waals surface area (Å²) in [6.07, 6.45) is 2.57. The van der Waals surface area contributed by atoms with E-state index in [-0.39, 0.29) is 26.4 Å². The van der Waals surface area contributed by atoms with E-state index >= 15 is 0 Å². The number of rotatable bonds is 14. The maximum absolute atomic E-state index is 13.1. The summed E-state index contributed by atoms with van der Waals surface area (Å²) >= 11 is 0. The normalized spacial score (nSPS) is 14.5. The topological polar surface area (TPSA) is 123 Å². The fraction of sp³-hybridized carbons (Fsp3) is 0.636. The maximum atomic E-state index is 13.1. The lowest BCUT2D eigenvalue weighted by molar-refractivity contribution is -0.510. The summed E-state index contributed by atoms with van der Waals surface area (Å²) in [6, 6.07) is 6.52. The van der Waals surface area contributed by atoms with E-state index in [4.69, 9.17) is 18.1 Å². The third-order valence-electron chi connectivity index (χ3n) is 5.08. The molecule has 12 heteroatoms. The first kappa shape index (κ1) is 30.5. The summed E-state index contributed by atoms with van der Waals surface area (Å²) in [6.45, 7) is 13.3. The van der Waals surface area contributed by atoms with Crippen LogP contribution in [0.25, 0.3) is 0 Å². The highest BCUT2D eigenvalue weighted by Crippen LogP contribution is 2.60. The minimum absolute atomic E-state index is 0.140. The van der Waals surface area contributed by atoms with Gasteiger partial charge in [0.2, 0.25) is 0 Å². The van der Waals surface area contributed by atoms with Crippen LogP contribution in [-0.4, -0.2) is 58.9 Å². The molecule has 0 aliphatic heterocycles. The van der Waals surface area contributed by atoms with Crippen molar-refractivity contribution >= 4 is 27.6 Å². The molecule has 10 nitrogen and oxygen atoms in total. The first-order chi connectivity index (χ1) is 15.7. The van der Waals surface area contributed by atoms with Crippen molar-refractivity contribution in [2.45, 2.75) is 65.9 Å². The molecule has 0 unspecified atom stereocenters. The first-order valence-corrected chi connectivity index (χ1v) is 14.3. The van der Waals surface area contributed by atoms with E-state index in [1.165, 1.54) is 40.1 Å². The Bertz CT molecular complexity index is 861. The Morgan fingerprint density at radius 1 is 0.676 bits per heavy atom. The van der Waals surface area contributed by atoms with Crippen molar-refractivity contribution in [2.75, 3.05) is 26.4 Å². The summed E-state index contributed by atoms with van der Waals surface area (Å²) in [5, 5.41) is 22.8. The average molecular weight is 521 g/mol. The van der Waals surface area contributed by atoms with Crippen LogP contribution in [0.4, 0.5) is 0 Å². The third-order valence-corrected chi connectivity index (χ3v) is 10.6. The third kappa shape index (κ3) is 6.78. The fourth-order valence-electron chi connectivity index (χ4n) is 2.88. The van der Waals surface area contributed by atoms with Gasteiger partial charge in [0.25, 0.3) is 10.6 Å². The second-order valence-corrected chi connectivity index (χ2v) is 13.4. The van der Waals surface area contributed by atoms with E-state index in [0.29, 0.717) is 20.6 Å². The minimum Gasteiger partial charge on any atom is -0.623 e. The highest BCUT2D eigenvalue weighted by Gasteiger charge is 2.52. The molecule has 0 N–H and O–H groups in total. The Kier molecular flexibility index (Phi) is 11.1. The minimum atomic E-state index is -3.71. The zero-order chi connectivity index (χ0) is 26.2. The highest BCUT2D eigenvalue weighted by molar-refractivity contribution is 7.55. The van der Waals surface area contributed by atoms with Crippen LogP contribution < -0.4 is 0 Å². The molecule has 0 fully saturated rings. The van der Waals surface area contributed by atoms with Crippen LogP contribution in [0.5, 0.6) is 0 Å². The molecule has 0 heterocycles. The predicted molar refractivity (Wildman–Crippen MR) is 134 cm³/mol. The van der Waals surface area contributed by atoms with Gasteiger partial charge in [0.15, 0.2) is 12.4 Å². The van der Waals surface area contributed by atoms with E-state index in [1.54, 1.807) is 52.0 Å². The van der Waals surface area contributed by atoms with Crippen LogP contribution in [0.3, 0.4) is 0 Å². The molecule has 0 aromatic heterocycles. The quantitative estimate of drug-likeness (QED) is 0.103. The van der Waals surface area contributed by atoms with E-state index in [0.717, 1.165) is 0 Å². The van der Waals surface area contributed by atoms with Crippen molar-refractivity contribution in [3.05, 3.63) is 45.8 Å². The van der Waals surface area contributed by atoms with Gasteiger partial charge in [-0.2, -0.15) is 9.48 Å². The number of hydrogen-bond acceptors (Lipinski definition) is 8. The zero-order valence-corrected chi connectivity index (χ0v) is 23.1. The summed E-state index contributed by atoms with van der Waals surface area (Å²) in [4.78, 5) is 0. The standard InChI is InChI=1S/C22H38N2O8P2/c1-9-29-33(27,30-10-2)21(5,6)23(25)17-19-13-15-20(16-14-19)18-24(26)22(7,8)34(28,31-11-3)32-12-4/h13-18H,9-12H2,1-8H3/b23-17+,24-18+. The summed E-state index contributed by atoms with van der Waals surface area (Å²) in [5.74, 6) is 0. The molecule has 0 spiro atoms. The molecule has 1 rings (SSSR count). The summed E-state index contributed by atoms with van der Waals surface area (Å²) in [7, 11) is -7.42. The lowest BCUT2D eigenvalue weighted by Gasteiger charge is -2.30. The molecular formula is C22H38N2O8P2. The highest BCUT2D eigenvalue weighted by atomic mass is 31.2. The van der Waals surface area contributed by atoms with Crippen LogP contribution in [0.15, 0.2) is 24.3 Å². The second-order valence-electron chi connectivity index (χ2n) is 8.23. The van der Waals surface area contributed by atoms with Gasteiger partial charge in [-0.05, 0) is 52.0 Å². The number of hydrogen-bond donors (Lipinski definition) is 0. The van der Waals surface area contributed by atoms with Crippen LogP contribution >= 0.6 is 15.2 Å². The summed E-state index contributed by atoms with van der Waals surface area (Å²) in [5.41, 5.74) is 1.04. The zero-order valence-electron chi connectivity index (χ0n) is 21.3. The molecule has 0 atom stereocenters. The van der Waals surface area contributed by atoms with Crippen LogP contribution in [0, 0.1) is 10.4 Å². The van der Waals surface area contributed by atoms with Gasteiger partial charge in [0.1, 0.15) is 0 Å². The Labute approximate surface area is 202 Å². The van der Waals surface area contributed by atoms with E-state index < -0.39 is 25.8 Å². The van der Waals surface area contributed by atoms with E-state index in [2.05, 4.69) is 0 Å². The smallest absolute Gasteiger partial charge is 0.401 e. The first-order valence-electron chi connectivity index (χ1n) is 11.3. The van der Waals surface area contributed by atoms with Gasteiger partial charge in [0.05, 0.1) is 26.4 Å². The maximum Gasteiger partial charge on any atom is 0.401 e. The Hall–Kier alpha value is -1.54. The molecule has 0 bridgehead atoms. The number of nitrogens with zero attached hydrogens (tertiary/aromatic N) is 2. The largest absolute Gasteiger partial charge is 0.623 e. The van der Waals surface area contributed by atoms with Gasteiger partial charge in [-0.25, -0.2) is 0 Å². The second kappa shape index (κ2) is 12.4. The Morgan fingerprint density at radius 2 is 0.912 bits per heavy atom. The molecule has 0 saturated carbocycles. The van der Waals surface area contributed by atoms with Gasteiger partial charge in [-0.1, -0.05) is 0 Å². The molecule has 194 valence electrons. The molecule has 0 saturated heterocycles. The fourth-order valence-corrected chi connectivity index (χ4v) is 6.25. The van der Waals surface area contributed by atoms with Gasteiger partial charge in [-0.15, -0.1) is 0 Å². The van der Waals surface area contributed by atoms with Crippen molar-refractivity contribution in [1.82, 2.24) is 0 Å². The van der Waals surface area contributed by atoms with Crippen LogP contribution in [0.1, 0.15) is 66.5 Å². The van der Waals surface area contributed by atoms with Gasteiger partial charge >= 0.3 is 15.2 Å². The molecular weight excluding hydrogens is 482 g/mol. The molecule has 0 aliphatic carbocycles. The van der Waals surface area contributed by atoms with Gasteiger partial charge in [0, 0.05) is 38.8 Å². The molecule has 34 heavy (non-hydrogen) atoms. The molecule has 0 aliphatic rings. The Morgan fingerprint density at radius 3 is 1.12 bits per heavy atom. The molecule has 0 amide bonds. The number of hydroxylamine groups is 2. The van der Waals surface area contributed by atoms with Crippen molar-refractivity contribution in [1.29, 1.82) is 0 Å². The van der Waals surface area contributed by atoms with Gasteiger partial charge in [-0.3, -0.25) is 9.13 Å². The molecule has 1 aromatic carbocycles. The van der Waals surface area contributed by atoms with Crippen LogP contribution in [0.2, 0.25) is 0 Å². The monoisotopic (exact) mass is 520 g/mol. The lowest BCUT2D eigenvalue weighted by atomic mass is 10.1. The molecule has 0 radical (unpaired) electrons. The SMILES string of the molecule is CCOP(=O)(OCC)C(C)(C)/[N+]([O-])=C\c1ccc(/C=[N+](/[O-])C(C)(C)P(=O)(OCC)OCC)cc1. The number of benzene rings is 1. The average Bonchev–Trinajstić information content (AvgIpc) is 2.75. The lowest BCUT2D eigenvalue weighted by Crippen LogP contribution is -2.35. The van der Waals surface area contributed by atoms with Crippen molar-refractivity contribution in [2.24, 2.45) is 0 Å². The summed E-state index contributed by atoms with van der Waals surface area (Å²) < 4.78 is 48.7. The predicted octanol–water partition coefficient (Wildman–Crippen LogP) is 5.55. The van der Waals surface area contributed by atoms with Crippen molar-refractivity contribution in [3.63, 3.8) is 0 Å². The van der Waals surface area contributed by atoms with Gasteiger partial charge < -0.3 is 28.5 Å². The van der Waals surface area contributed by atoms with Crippen molar-refractivity contribution in [3.8, 4) is 0 Å². The van der Waals surface area contributed by atoms with Crippen molar-refractivity contribution < 1.29 is 36.7 Å². The van der Waals surface area contributed by atoms with E-state index in [9.17, 15) is 19.5 Å².